The molecule has 0 aromatic heterocycles. The highest BCUT2D eigenvalue weighted by Gasteiger charge is 2.40. The van der Waals surface area contributed by atoms with Crippen molar-refractivity contribution < 1.29 is 37.2 Å². The predicted octanol–water partition coefficient (Wildman–Crippen LogP) is 1.39. The number of halogens is 3. The van der Waals surface area contributed by atoms with Crippen molar-refractivity contribution in [2.45, 2.75) is 95.2 Å². The Morgan fingerprint density at radius 3 is 2.26 bits per heavy atom. The molecule has 0 radical (unpaired) electrons. The number of hydrogen-bond acceptors (Lipinski definition) is 8. The van der Waals surface area contributed by atoms with Crippen LogP contribution < -0.4 is 38.6 Å². The van der Waals surface area contributed by atoms with Crippen molar-refractivity contribution in [2.24, 2.45) is 17.2 Å². The number of benzene rings is 2. The van der Waals surface area contributed by atoms with Crippen LogP contribution in [-0.4, -0.2) is 60.6 Å². The normalized spacial score (nSPS) is 20.9. The number of amides is 3. The van der Waals surface area contributed by atoms with Crippen molar-refractivity contribution in [3.63, 3.8) is 0 Å². The quantitative estimate of drug-likeness (QED) is 0.198. The molecule has 1 aliphatic heterocycles. The fraction of sp³-hybridized carbons (Fsp3) is 0.516. The second-order valence-corrected chi connectivity index (χ2v) is 12.2. The van der Waals surface area contributed by atoms with Crippen LogP contribution in [0.25, 0.3) is 0 Å². The largest absolute Gasteiger partial charge is 0.492 e. The van der Waals surface area contributed by atoms with Gasteiger partial charge in [0.25, 0.3) is 0 Å². The minimum absolute atomic E-state index is 0.0321. The van der Waals surface area contributed by atoms with E-state index in [4.69, 9.17) is 21.9 Å². The zero-order valence-corrected chi connectivity index (χ0v) is 26.3. The monoisotopic (exact) mass is 648 g/mol. The minimum atomic E-state index is -4.22. The number of carbonyl (C=O) groups is 3. The fourth-order valence-electron chi connectivity index (χ4n) is 5.48. The molecule has 10 N–H and O–H groups in total. The number of rotatable bonds is 9. The molecule has 0 spiro atoms. The molecule has 3 atom stereocenters. The molecule has 2 aliphatic rings. The van der Waals surface area contributed by atoms with Gasteiger partial charge >= 0.3 is 13.3 Å². The number of carbonyl (C=O) groups excluding carboxylic acids is 3. The molecule has 3 amide bonds. The summed E-state index contributed by atoms with van der Waals surface area (Å²) in [5, 5.41) is 18.1. The third-order valence-electron chi connectivity index (χ3n) is 7.93. The zero-order valence-electron chi connectivity index (χ0n) is 26.3. The Bertz CT molecular complexity index is 1350. The Balaban J connectivity index is 0.000000402. The second-order valence-electron chi connectivity index (χ2n) is 12.2. The van der Waals surface area contributed by atoms with E-state index in [9.17, 15) is 32.6 Å². The number of aryl methyl sites for hydroxylation is 1. The molecule has 1 fully saturated rings. The topological polar surface area (TPSA) is 195 Å². The third kappa shape index (κ3) is 10.8. The molecule has 0 saturated heterocycles. The van der Waals surface area contributed by atoms with Crippen LogP contribution in [0.3, 0.4) is 0 Å². The number of nitrogens with one attached hydrogen (secondary N) is 3. The van der Waals surface area contributed by atoms with E-state index in [-0.39, 0.29) is 43.4 Å². The van der Waals surface area contributed by atoms with E-state index in [1.807, 2.05) is 20.8 Å². The summed E-state index contributed by atoms with van der Waals surface area (Å²) in [4.78, 5) is 36.7. The summed E-state index contributed by atoms with van der Waals surface area (Å²) in [7, 11) is -1.07. The smallest absolute Gasteiger partial charge is 0.423 e. The van der Waals surface area contributed by atoms with Crippen molar-refractivity contribution >= 4 is 36.0 Å². The maximum absolute atomic E-state index is 12.2. The van der Waals surface area contributed by atoms with E-state index in [2.05, 4.69) is 16.0 Å². The molecule has 1 aliphatic carbocycles. The molecule has 3 unspecified atom stereocenters. The zero-order chi connectivity index (χ0) is 34.2. The Labute approximate surface area is 267 Å². The summed E-state index contributed by atoms with van der Waals surface area (Å²) in [6.07, 6.45) is -1.14. The molecule has 1 saturated carbocycles. The average Bonchev–Trinajstić information content (AvgIpc) is 3.20. The van der Waals surface area contributed by atoms with E-state index in [1.165, 1.54) is 12.1 Å². The van der Waals surface area contributed by atoms with Crippen LogP contribution in [0.5, 0.6) is 0 Å². The van der Waals surface area contributed by atoms with Gasteiger partial charge in [-0.2, -0.15) is 13.2 Å². The van der Waals surface area contributed by atoms with Crippen molar-refractivity contribution in [1.82, 2.24) is 10.6 Å². The molecule has 46 heavy (non-hydrogen) atoms. The lowest BCUT2D eigenvalue weighted by Crippen LogP contribution is -2.49. The van der Waals surface area contributed by atoms with Gasteiger partial charge in [0, 0.05) is 30.2 Å². The van der Waals surface area contributed by atoms with Crippen LogP contribution in [0.15, 0.2) is 42.5 Å². The molecule has 2 aromatic carbocycles. The first-order chi connectivity index (χ1) is 21.5. The maximum atomic E-state index is 12.2. The SMILES string of the molecule is CC1(C)OB(O)c2cc(NC(=O)CNC(=O)C(N)CCC(=O)NC3CC(N)CC(N)C3)ccc21.CCc1ccc(C(F)(F)F)cc1. The van der Waals surface area contributed by atoms with Gasteiger partial charge in [0.05, 0.1) is 23.8 Å². The lowest BCUT2D eigenvalue weighted by Gasteiger charge is -2.31. The molecule has 0 bridgehead atoms. The Kier molecular flexibility index (Phi) is 12.8. The van der Waals surface area contributed by atoms with Gasteiger partial charge in [-0.15, -0.1) is 0 Å². The summed E-state index contributed by atoms with van der Waals surface area (Å²) >= 11 is 0. The first-order valence-corrected chi connectivity index (χ1v) is 15.3. The number of anilines is 1. The van der Waals surface area contributed by atoms with Crippen molar-refractivity contribution in [3.8, 4) is 0 Å². The van der Waals surface area contributed by atoms with E-state index in [1.54, 1.807) is 18.2 Å². The summed E-state index contributed by atoms with van der Waals surface area (Å²) in [5.74, 6) is -1.18. The van der Waals surface area contributed by atoms with Crippen LogP contribution in [0, 0.1) is 0 Å². The molecular weight excluding hydrogens is 604 g/mol. The van der Waals surface area contributed by atoms with E-state index >= 15 is 0 Å². The molecule has 11 nitrogen and oxygen atoms in total. The van der Waals surface area contributed by atoms with Crippen molar-refractivity contribution in [2.75, 3.05) is 11.9 Å². The van der Waals surface area contributed by atoms with Crippen LogP contribution in [0.1, 0.15) is 69.6 Å². The van der Waals surface area contributed by atoms with Gasteiger partial charge in [-0.05, 0) is 86.8 Å². The molecule has 1 heterocycles. The van der Waals surface area contributed by atoms with E-state index in [0.717, 1.165) is 36.1 Å². The van der Waals surface area contributed by atoms with Crippen molar-refractivity contribution in [1.29, 1.82) is 0 Å². The average molecular weight is 649 g/mol. The lowest BCUT2D eigenvalue weighted by molar-refractivity contribution is -0.137. The number of fused-ring (bicyclic) bond motifs is 1. The van der Waals surface area contributed by atoms with Gasteiger partial charge in [0.15, 0.2) is 0 Å². The molecule has 2 aromatic rings. The Morgan fingerprint density at radius 1 is 1.04 bits per heavy atom. The van der Waals surface area contributed by atoms with E-state index < -0.39 is 42.3 Å². The highest BCUT2D eigenvalue weighted by molar-refractivity contribution is 6.62. The standard InChI is InChI=1S/C22H35BN6O5.C9H9F3/c1-22(2)16-4-3-14(10-17(16)23(33)34-22)28-20(31)11-27-21(32)18(26)5-6-19(30)29-15-8-12(24)7-13(25)9-15;1-2-7-3-5-8(6-4-7)9(10,11)12/h3-4,10,12-13,15,18,33H,5-9,11,24-26H2,1-2H3,(H,27,32)(H,28,31)(H,29,30);3-6H,2H2,1H3. The van der Waals surface area contributed by atoms with Crippen LogP contribution >= 0.6 is 0 Å². The number of nitrogens with two attached hydrogens (primary N) is 3. The summed E-state index contributed by atoms with van der Waals surface area (Å²) < 4.78 is 41.6. The summed E-state index contributed by atoms with van der Waals surface area (Å²) in [6, 6.07) is 9.30. The summed E-state index contributed by atoms with van der Waals surface area (Å²) in [5.41, 5.74) is 19.4. The van der Waals surface area contributed by atoms with E-state index in [0.29, 0.717) is 24.0 Å². The highest BCUT2D eigenvalue weighted by Crippen LogP contribution is 2.31. The van der Waals surface area contributed by atoms with Crippen LogP contribution in [0.2, 0.25) is 0 Å². The number of alkyl halides is 3. The molecule has 4 rings (SSSR count). The second kappa shape index (κ2) is 15.9. The molecular formula is C31H44BF3N6O5. The number of hydrogen-bond donors (Lipinski definition) is 7. The third-order valence-corrected chi connectivity index (χ3v) is 7.93. The minimum Gasteiger partial charge on any atom is -0.423 e. The van der Waals surface area contributed by atoms with Gasteiger partial charge in [-0.25, -0.2) is 0 Å². The molecule has 15 heteroatoms. The van der Waals surface area contributed by atoms with Crippen LogP contribution in [0.4, 0.5) is 18.9 Å². The Hall–Kier alpha value is -3.50. The van der Waals surface area contributed by atoms with Gasteiger partial charge in [-0.1, -0.05) is 25.1 Å². The van der Waals surface area contributed by atoms with Crippen molar-refractivity contribution in [3.05, 3.63) is 59.2 Å². The predicted molar refractivity (Wildman–Crippen MR) is 170 cm³/mol. The van der Waals surface area contributed by atoms with Gasteiger partial charge in [0.1, 0.15) is 0 Å². The lowest BCUT2D eigenvalue weighted by atomic mass is 9.78. The van der Waals surface area contributed by atoms with Gasteiger partial charge < -0.3 is 42.8 Å². The van der Waals surface area contributed by atoms with Gasteiger partial charge in [-0.3, -0.25) is 14.4 Å². The Morgan fingerprint density at radius 2 is 1.67 bits per heavy atom. The summed E-state index contributed by atoms with van der Waals surface area (Å²) in [6.45, 7) is 5.33. The van der Waals surface area contributed by atoms with Crippen LogP contribution in [-0.2, 0) is 37.2 Å². The first-order valence-electron chi connectivity index (χ1n) is 15.3. The molecule has 252 valence electrons. The highest BCUT2D eigenvalue weighted by atomic mass is 19.4. The van der Waals surface area contributed by atoms with Gasteiger partial charge in [0.2, 0.25) is 17.7 Å². The first kappa shape index (κ1) is 37.0. The fourth-order valence-corrected chi connectivity index (χ4v) is 5.48. The maximum Gasteiger partial charge on any atom is 0.492 e.